The third-order valence-electron chi connectivity index (χ3n) is 2.41. The molecule has 1 heterocycles. The van der Waals surface area contributed by atoms with Gasteiger partial charge in [-0.25, -0.2) is 4.79 Å². The number of rotatable bonds is 3. The van der Waals surface area contributed by atoms with E-state index < -0.39 is 0 Å². The Morgan fingerprint density at radius 2 is 2.43 bits per heavy atom. The third-order valence-corrected chi connectivity index (χ3v) is 2.41. The largest absolute Gasteiger partial charge is 0.352 e. The van der Waals surface area contributed by atoms with E-state index in [-0.39, 0.29) is 18.0 Å². The van der Waals surface area contributed by atoms with Crippen molar-refractivity contribution in [2.24, 2.45) is 0 Å². The monoisotopic (exact) mass is 199 g/mol. The van der Waals surface area contributed by atoms with Crippen LogP contribution in [0.15, 0.2) is 0 Å². The molecule has 0 aromatic carbocycles. The van der Waals surface area contributed by atoms with Gasteiger partial charge in [-0.2, -0.15) is 0 Å². The van der Waals surface area contributed by atoms with E-state index in [0.29, 0.717) is 19.5 Å². The molecule has 1 fully saturated rings. The van der Waals surface area contributed by atoms with E-state index in [9.17, 15) is 9.59 Å². The summed E-state index contributed by atoms with van der Waals surface area (Å²) in [5, 5.41) is 5.56. The van der Waals surface area contributed by atoms with Crippen molar-refractivity contribution in [3.05, 3.63) is 0 Å². The number of carbonyl (C=O) groups is 2. The average molecular weight is 199 g/mol. The van der Waals surface area contributed by atoms with Crippen LogP contribution in [0, 0.1) is 0 Å². The van der Waals surface area contributed by atoms with Crippen molar-refractivity contribution in [1.82, 2.24) is 15.5 Å². The smallest absolute Gasteiger partial charge is 0.317 e. The Balaban J connectivity index is 2.20. The maximum atomic E-state index is 11.3. The first kappa shape index (κ1) is 10.8. The molecule has 1 aliphatic rings. The SMILES string of the molecule is CCN(C)C(=O)NCC1CCC(=O)N1. The summed E-state index contributed by atoms with van der Waals surface area (Å²) in [5.41, 5.74) is 0. The van der Waals surface area contributed by atoms with E-state index in [1.807, 2.05) is 6.92 Å². The van der Waals surface area contributed by atoms with Crippen LogP contribution in [0.4, 0.5) is 4.79 Å². The zero-order valence-corrected chi connectivity index (χ0v) is 8.67. The van der Waals surface area contributed by atoms with Crippen molar-refractivity contribution < 1.29 is 9.59 Å². The van der Waals surface area contributed by atoms with Gasteiger partial charge < -0.3 is 15.5 Å². The molecule has 14 heavy (non-hydrogen) atoms. The normalized spacial score (nSPS) is 20.4. The first-order valence-electron chi connectivity index (χ1n) is 4.91. The van der Waals surface area contributed by atoms with Crippen LogP contribution >= 0.6 is 0 Å². The summed E-state index contributed by atoms with van der Waals surface area (Å²) in [6, 6.07) is 0.0188. The summed E-state index contributed by atoms with van der Waals surface area (Å²) in [6.45, 7) is 3.12. The van der Waals surface area contributed by atoms with Gasteiger partial charge in [0.15, 0.2) is 0 Å². The van der Waals surface area contributed by atoms with Crippen LogP contribution in [0.5, 0.6) is 0 Å². The van der Waals surface area contributed by atoms with Crippen molar-refractivity contribution in [2.45, 2.75) is 25.8 Å². The molecule has 1 aliphatic heterocycles. The molecule has 0 spiro atoms. The standard InChI is InChI=1S/C9H17N3O2/c1-3-12(2)9(14)10-6-7-4-5-8(13)11-7/h7H,3-6H2,1-2H3,(H,10,14)(H,11,13). The molecule has 80 valence electrons. The van der Waals surface area contributed by atoms with Crippen molar-refractivity contribution in [2.75, 3.05) is 20.1 Å². The van der Waals surface area contributed by atoms with Crippen molar-refractivity contribution in [3.8, 4) is 0 Å². The highest BCUT2D eigenvalue weighted by Gasteiger charge is 2.21. The molecular weight excluding hydrogens is 182 g/mol. The van der Waals surface area contributed by atoms with E-state index >= 15 is 0 Å². The molecule has 1 atom stereocenters. The van der Waals surface area contributed by atoms with Gasteiger partial charge >= 0.3 is 6.03 Å². The van der Waals surface area contributed by atoms with Crippen molar-refractivity contribution in [1.29, 1.82) is 0 Å². The van der Waals surface area contributed by atoms with Gasteiger partial charge in [0.1, 0.15) is 0 Å². The summed E-state index contributed by atoms with van der Waals surface area (Å²) in [6.07, 6.45) is 1.39. The number of hydrogen-bond donors (Lipinski definition) is 2. The molecule has 0 saturated carbocycles. The number of carbonyl (C=O) groups excluding carboxylic acids is 2. The predicted molar refractivity (Wildman–Crippen MR) is 52.9 cm³/mol. The van der Waals surface area contributed by atoms with Gasteiger partial charge in [-0.05, 0) is 13.3 Å². The zero-order chi connectivity index (χ0) is 10.6. The Labute approximate surface area is 83.8 Å². The molecule has 0 bridgehead atoms. The van der Waals surface area contributed by atoms with Gasteiger partial charge in [-0.15, -0.1) is 0 Å². The Kier molecular flexibility index (Phi) is 3.73. The molecule has 0 aromatic rings. The fourth-order valence-electron chi connectivity index (χ4n) is 1.32. The summed E-state index contributed by atoms with van der Waals surface area (Å²) < 4.78 is 0. The fraction of sp³-hybridized carbons (Fsp3) is 0.778. The maximum absolute atomic E-state index is 11.3. The second-order valence-corrected chi connectivity index (χ2v) is 3.50. The minimum atomic E-state index is -0.0892. The molecule has 3 amide bonds. The number of nitrogens with zero attached hydrogens (tertiary/aromatic N) is 1. The Hall–Kier alpha value is -1.26. The van der Waals surface area contributed by atoms with E-state index in [0.717, 1.165) is 6.42 Å². The van der Waals surface area contributed by atoms with Crippen LogP contribution in [-0.4, -0.2) is 43.0 Å². The average Bonchev–Trinajstić information content (AvgIpc) is 2.59. The molecule has 0 radical (unpaired) electrons. The van der Waals surface area contributed by atoms with E-state index in [1.54, 1.807) is 11.9 Å². The minimum absolute atomic E-state index is 0.0769. The summed E-state index contributed by atoms with van der Waals surface area (Å²) in [4.78, 5) is 23.8. The molecule has 1 saturated heterocycles. The zero-order valence-electron chi connectivity index (χ0n) is 8.67. The lowest BCUT2D eigenvalue weighted by Crippen LogP contribution is -2.43. The fourth-order valence-corrected chi connectivity index (χ4v) is 1.32. The molecule has 1 unspecified atom stereocenters. The van der Waals surface area contributed by atoms with Crippen molar-refractivity contribution >= 4 is 11.9 Å². The predicted octanol–water partition coefficient (Wildman–Crippen LogP) is -0.0737. The number of amides is 3. The van der Waals surface area contributed by atoms with E-state index in [4.69, 9.17) is 0 Å². The first-order chi connectivity index (χ1) is 6.63. The van der Waals surface area contributed by atoms with Gasteiger partial charge in [0, 0.05) is 32.6 Å². The third kappa shape index (κ3) is 2.90. The minimum Gasteiger partial charge on any atom is -0.352 e. The Bertz CT molecular complexity index is 230. The molecular formula is C9H17N3O2. The molecule has 2 N–H and O–H groups in total. The van der Waals surface area contributed by atoms with Crippen LogP contribution in [0.25, 0.3) is 0 Å². The molecule has 0 aromatic heterocycles. The van der Waals surface area contributed by atoms with E-state index in [2.05, 4.69) is 10.6 Å². The molecule has 1 rings (SSSR count). The number of hydrogen-bond acceptors (Lipinski definition) is 2. The second-order valence-electron chi connectivity index (χ2n) is 3.50. The lowest BCUT2D eigenvalue weighted by Gasteiger charge is -2.17. The Morgan fingerprint density at radius 1 is 1.71 bits per heavy atom. The summed E-state index contributed by atoms with van der Waals surface area (Å²) in [5.74, 6) is 0.0769. The van der Waals surface area contributed by atoms with Gasteiger partial charge in [0.25, 0.3) is 0 Å². The lowest BCUT2D eigenvalue weighted by molar-refractivity contribution is -0.119. The summed E-state index contributed by atoms with van der Waals surface area (Å²) in [7, 11) is 1.74. The quantitative estimate of drug-likeness (QED) is 0.668. The van der Waals surface area contributed by atoms with Crippen LogP contribution in [0.3, 0.4) is 0 Å². The highest BCUT2D eigenvalue weighted by atomic mass is 16.2. The van der Waals surface area contributed by atoms with Crippen LogP contribution < -0.4 is 10.6 Å². The molecule has 0 aliphatic carbocycles. The van der Waals surface area contributed by atoms with E-state index in [1.165, 1.54) is 0 Å². The van der Waals surface area contributed by atoms with Gasteiger partial charge in [0.2, 0.25) is 5.91 Å². The Morgan fingerprint density at radius 3 is 2.93 bits per heavy atom. The van der Waals surface area contributed by atoms with Crippen LogP contribution in [0.2, 0.25) is 0 Å². The van der Waals surface area contributed by atoms with Crippen molar-refractivity contribution in [3.63, 3.8) is 0 Å². The lowest BCUT2D eigenvalue weighted by atomic mass is 10.2. The molecule has 5 nitrogen and oxygen atoms in total. The second kappa shape index (κ2) is 4.83. The van der Waals surface area contributed by atoms with Gasteiger partial charge in [0.05, 0.1) is 0 Å². The van der Waals surface area contributed by atoms with Gasteiger partial charge in [-0.1, -0.05) is 0 Å². The highest BCUT2D eigenvalue weighted by Crippen LogP contribution is 2.04. The maximum Gasteiger partial charge on any atom is 0.317 e. The number of urea groups is 1. The van der Waals surface area contributed by atoms with Crippen LogP contribution in [0.1, 0.15) is 19.8 Å². The number of nitrogens with one attached hydrogen (secondary N) is 2. The van der Waals surface area contributed by atoms with Crippen LogP contribution in [-0.2, 0) is 4.79 Å². The topological polar surface area (TPSA) is 61.4 Å². The first-order valence-corrected chi connectivity index (χ1v) is 4.91. The van der Waals surface area contributed by atoms with Gasteiger partial charge in [-0.3, -0.25) is 4.79 Å². The molecule has 5 heteroatoms. The highest BCUT2D eigenvalue weighted by molar-refractivity contribution is 5.79. The summed E-state index contributed by atoms with van der Waals surface area (Å²) >= 11 is 0.